The number of carboxylic acid groups (broad SMARTS) is 2. The average molecular weight is 1280 g/mol. The minimum absolute atomic E-state index is 0.0651. The third-order valence-electron chi connectivity index (χ3n) is 12.6. The molecule has 0 aliphatic carbocycles. The fraction of sp³-hybridized carbons (Fsp3) is 0.529. The molecule has 12 amide bonds. The molecular formula is C51H78N18O21. The van der Waals surface area contributed by atoms with E-state index in [1.54, 1.807) is 30.3 Å². The molecule has 0 aliphatic heterocycles. The van der Waals surface area contributed by atoms with Crippen LogP contribution >= 0.6 is 0 Å². The van der Waals surface area contributed by atoms with Crippen LogP contribution < -0.4 is 81.4 Å². The molecule has 0 radical (unpaired) electrons. The number of primary amides is 1. The SMILES string of the molecule is C[C@H](NC(=O)[C@H](CO)NC(=O)[C@H](CO)NC(=O)[C@H](CO)NC(=O)[C@H](CCCN=C(N)N)NC(=O)[C@H](CO)NC(=O)[C@H](Cc1cnc[nH]1)NC(=O)[C@H](Cc1ccccc1)NC(=O)CNC(=O)[C@H](CCC(N)=O)NC(=O)[C@@H](NC(=O)[C@@H](N)CC(=O)O)[C@@H](C)O)C(=O)O. The number of aromatic amines is 1. The summed E-state index contributed by atoms with van der Waals surface area (Å²) in [6.45, 7) is -3.44. The average Bonchev–Trinajstić information content (AvgIpc) is 3.65. The lowest BCUT2D eigenvalue weighted by Gasteiger charge is -2.27. The number of nitrogens with one attached hydrogen (secondary N) is 12. The van der Waals surface area contributed by atoms with E-state index in [1.807, 2.05) is 16.0 Å². The summed E-state index contributed by atoms with van der Waals surface area (Å²) in [4.78, 5) is 192. The van der Waals surface area contributed by atoms with Crippen LogP contribution in [0.1, 0.15) is 57.2 Å². The number of H-pyrrole nitrogens is 1. The normalized spacial score (nSPS) is 14.9. The van der Waals surface area contributed by atoms with E-state index in [-0.39, 0.29) is 37.5 Å². The van der Waals surface area contributed by atoms with Gasteiger partial charge in [0.2, 0.25) is 70.9 Å². The van der Waals surface area contributed by atoms with Crippen LogP contribution in [0.3, 0.4) is 0 Å². The smallest absolute Gasteiger partial charge is 0.325 e. The third kappa shape index (κ3) is 27.4. The van der Waals surface area contributed by atoms with Crippen LogP contribution in [0.25, 0.3) is 0 Å². The highest BCUT2D eigenvalue weighted by Crippen LogP contribution is 2.09. The fourth-order valence-corrected chi connectivity index (χ4v) is 7.74. The Morgan fingerprint density at radius 1 is 0.556 bits per heavy atom. The van der Waals surface area contributed by atoms with E-state index in [0.717, 1.165) is 13.8 Å². The molecule has 0 aliphatic rings. The Bertz CT molecular complexity index is 2830. The number of aromatic nitrogens is 2. The van der Waals surface area contributed by atoms with Crippen LogP contribution in [0.4, 0.5) is 0 Å². The fourth-order valence-electron chi connectivity index (χ4n) is 7.74. The predicted octanol–water partition coefficient (Wildman–Crippen LogP) is -12.3. The molecule has 2 aromatic rings. The molecule has 498 valence electrons. The molecule has 90 heavy (non-hydrogen) atoms. The van der Waals surface area contributed by atoms with Crippen LogP contribution in [0.5, 0.6) is 0 Å². The number of nitrogens with zero attached hydrogens (tertiary/aromatic N) is 2. The maximum absolute atomic E-state index is 14.3. The van der Waals surface area contributed by atoms with E-state index in [1.165, 1.54) is 12.5 Å². The number of amides is 12. The largest absolute Gasteiger partial charge is 0.481 e. The van der Waals surface area contributed by atoms with Gasteiger partial charge in [0.15, 0.2) is 5.96 Å². The molecule has 12 atom stereocenters. The van der Waals surface area contributed by atoms with Crippen molar-refractivity contribution in [2.45, 2.75) is 131 Å². The number of hydrogen-bond acceptors (Lipinski definition) is 22. The number of carbonyl (C=O) groups is 14. The van der Waals surface area contributed by atoms with Gasteiger partial charge in [-0.2, -0.15) is 0 Å². The summed E-state index contributed by atoms with van der Waals surface area (Å²) < 4.78 is 0. The van der Waals surface area contributed by atoms with Crippen molar-refractivity contribution in [3.05, 3.63) is 54.1 Å². The maximum Gasteiger partial charge on any atom is 0.325 e. The standard InChI is InChI=1S/C51H78N18O21/c1-23(50(89)90)60-45(84)32(18-70)67-48(87)35(21-73)68-47(86)34(20-72)65-42(81)28(9-6-12-57-51(54)55)62-46(85)33(19-71)66-44(83)31(14-26-16-56-22-59-26)64-43(82)30(13-25-7-4-3-5-8-25)61-37(76)17-58-41(80)29(10-11-36(53)75)63-49(88)39(24(2)74)69-40(79)27(52)15-38(77)78/h3-5,7-8,16,22-24,27-35,39,70-74H,6,9-15,17-21,52H2,1-2H3,(H2,53,75)(H,56,59)(H,58,80)(H,60,84)(H,61,76)(H,62,85)(H,63,88)(H,64,82)(H,65,81)(H,66,83)(H,67,87)(H,68,86)(H,69,79)(H,77,78)(H,89,90)(H4,54,55,57)/t23-,24+,27-,28-,29-,30-,31-,32-,33-,34-,35-,39-/m0/s1. The van der Waals surface area contributed by atoms with Gasteiger partial charge in [-0.25, -0.2) is 4.98 Å². The number of imidazole rings is 1. The highest BCUT2D eigenvalue weighted by atomic mass is 16.4. The number of aliphatic hydroxyl groups excluding tert-OH is 5. The Hall–Kier alpha value is -9.96. The summed E-state index contributed by atoms with van der Waals surface area (Å²) in [6.07, 6.45) is -2.05. The maximum atomic E-state index is 14.3. The van der Waals surface area contributed by atoms with Crippen LogP contribution in [0, 0.1) is 0 Å². The molecule has 0 unspecified atom stereocenters. The Balaban J connectivity index is 2.38. The lowest BCUT2D eigenvalue weighted by atomic mass is 10.0. The topological polar surface area (TPSA) is 658 Å². The van der Waals surface area contributed by atoms with Crippen LogP contribution in [0.15, 0.2) is 47.8 Å². The summed E-state index contributed by atoms with van der Waals surface area (Å²) in [5.41, 5.74) is 22.4. The number of benzene rings is 1. The number of aliphatic carboxylic acids is 2. The first-order valence-corrected chi connectivity index (χ1v) is 27.4. The molecule has 39 nitrogen and oxygen atoms in total. The number of aliphatic imine (C=N–C) groups is 1. The van der Waals surface area contributed by atoms with Crippen LogP contribution in [-0.4, -0.2) is 247 Å². The van der Waals surface area contributed by atoms with E-state index >= 15 is 0 Å². The zero-order chi connectivity index (χ0) is 67.8. The molecular weight excluding hydrogens is 1200 g/mol. The van der Waals surface area contributed by atoms with Gasteiger partial charge in [0.25, 0.3) is 0 Å². The first-order chi connectivity index (χ1) is 42.4. The molecule has 1 aromatic carbocycles. The van der Waals surface area contributed by atoms with Crippen molar-refractivity contribution < 1.29 is 103 Å². The number of aliphatic hydroxyl groups is 5. The number of carboxylic acids is 2. The molecule has 1 heterocycles. The summed E-state index contributed by atoms with van der Waals surface area (Å²) in [5, 5.41) is 92.8. The van der Waals surface area contributed by atoms with Crippen molar-refractivity contribution in [2.75, 3.05) is 39.5 Å². The summed E-state index contributed by atoms with van der Waals surface area (Å²) in [5.74, 6) is -17.1. The molecule has 0 saturated heterocycles. The van der Waals surface area contributed by atoms with Crippen molar-refractivity contribution in [2.24, 2.45) is 27.9 Å². The lowest BCUT2D eigenvalue weighted by Crippen LogP contribution is -2.62. The van der Waals surface area contributed by atoms with Gasteiger partial charge in [-0.15, -0.1) is 0 Å². The van der Waals surface area contributed by atoms with Crippen LogP contribution in [0.2, 0.25) is 0 Å². The second-order valence-electron chi connectivity index (χ2n) is 19.9. The van der Waals surface area contributed by atoms with E-state index < -0.39 is 214 Å². The number of carbonyl (C=O) groups excluding carboxylic acids is 12. The molecule has 27 N–H and O–H groups in total. The van der Waals surface area contributed by atoms with Gasteiger partial charge >= 0.3 is 11.9 Å². The first-order valence-electron chi connectivity index (χ1n) is 27.4. The molecule has 39 heteroatoms. The quantitative estimate of drug-likeness (QED) is 0.0167. The predicted molar refractivity (Wildman–Crippen MR) is 307 cm³/mol. The number of guanidine groups is 1. The van der Waals surface area contributed by atoms with E-state index in [9.17, 15) is 92.7 Å². The van der Waals surface area contributed by atoms with Crippen molar-refractivity contribution in [3.63, 3.8) is 0 Å². The van der Waals surface area contributed by atoms with Crippen molar-refractivity contribution in [1.82, 2.24) is 68.5 Å². The van der Waals surface area contributed by atoms with Gasteiger partial charge < -0.3 is 122 Å². The van der Waals surface area contributed by atoms with E-state index in [4.69, 9.17) is 33.1 Å². The number of rotatable bonds is 41. The molecule has 0 bridgehead atoms. The molecule has 2 rings (SSSR count). The second-order valence-corrected chi connectivity index (χ2v) is 19.9. The zero-order valence-corrected chi connectivity index (χ0v) is 48.7. The van der Waals surface area contributed by atoms with Gasteiger partial charge in [-0.05, 0) is 38.7 Å². The van der Waals surface area contributed by atoms with Gasteiger partial charge in [0.05, 0.1) is 57.9 Å². The number of nitrogens with two attached hydrogens (primary N) is 4. The Kier molecular flexibility index (Phi) is 33.0. The van der Waals surface area contributed by atoms with Gasteiger partial charge in [0.1, 0.15) is 60.4 Å². The van der Waals surface area contributed by atoms with Gasteiger partial charge in [-0.1, -0.05) is 30.3 Å². The van der Waals surface area contributed by atoms with E-state index in [0.29, 0.717) is 5.56 Å². The molecule has 0 saturated carbocycles. The summed E-state index contributed by atoms with van der Waals surface area (Å²) in [6, 6.07) is -11.0. The summed E-state index contributed by atoms with van der Waals surface area (Å²) in [7, 11) is 0. The summed E-state index contributed by atoms with van der Waals surface area (Å²) >= 11 is 0. The van der Waals surface area contributed by atoms with Crippen molar-refractivity contribution in [3.8, 4) is 0 Å². The third-order valence-corrected chi connectivity index (χ3v) is 12.6. The Morgan fingerprint density at radius 2 is 1.01 bits per heavy atom. The minimum atomic E-state index is -1.94. The monoisotopic (exact) mass is 1280 g/mol. The number of hydrogen-bond donors (Lipinski definition) is 23. The lowest BCUT2D eigenvalue weighted by molar-refractivity contribution is -0.142. The van der Waals surface area contributed by atoms with Gasteiger partial charge in [0, 0.05) is 37.7 Å². The van der Waals surface area contributed by atoms with Crippen molar-refractivity contribution >= 4 is 88.8 Å². The highest BCUT2D eigenvalue weighted by molar-refractivity contribution is 5.99. The van der Waals surface area contributed by atoms with Crippen LogP contribution in [-0.2, 0) is 80.0 Å². The van der Waals surface area contributed by atoms with Gasteiger partial charge in [-0.3, -0.25) is 72.1 Å². The zero-order valence-electron chi connectivity index (χ0n) is 48.7. The first kappa shape index (κ1) is 76.1. The molecule has 1 aromatic heterocycles. The second kappa shape index (κ2) is 39.0. The van der Waals surface area contributed by atoms with Crippen molar-refractivity contribution in [1.29, 1.82) is 0 Å². The Morgan fingerprint density at radius 3 is 1.47 bits per heavy atom. The highest BCUT2D eigenvalue weighted by Gasteiger charge is 2.36. The van der Waals surface area contributed by atoms with E-state index in [2.05, 4.69) is 57.5 Å². The Labute approximate surface area is 511 Å². The molecule has 0 spiro atoms. The molecule has 0 fully saturated rings. The minimum Gasteiger partial charge on any atom is -0.481 e.